The highest BCUT2D eigenvalue weighted by molar-refractivity contribution is 7.89. The summed E-state index contributed by atoms with van der Waals surface area (Å²) >= 11 is 0. The van der Waals surface area contributed by atoms with Crippen molar-refractivity contribution in [3.05, 3.63) is 114 Å². The number of benzene rings is 3. The van der Waals surface area contributed by atoms with Gasteiger partial charge in [0.15, 0.2) is 0 Å². The van der Waals surface area contributed by atoms with Gasteiger partial charge in [0.25, 0.3) is 10.0 Å². The van der Waals surface area contributed by atoms with E-state index >= 15 is 0 Å². The summed E-state index contributed by atoms with van der Waals surface area (Å²) in [5, 5.41) is 17.4. The van der Waals surface area contributed by atoms with Crippen molar-refractivity contribution in [2.45, 2.75) is 51.2 Å². The number of aliphatic carboxylic acids is 2. The maximum atomic E-state index is 13.4. The number of carboxylic acid groups (broad SMARTS) is 2. The van der Waals surface area contributed by atoms with Crippen LogP contribution < -0.4 is 4.83 Å². The number of hydrogen-bond acceptors (Lipinski definition) is 6. The number of rotatable bonds is 11. The molecule has 0 bridgehead atoms. The molecule has 3 aromatic carbocycles. The molecule has 0 unspecified atom stereocenters. The van der Waals surface area contributed by atoms with Crippen molar-refractivity contribution in [2.24, 2.45) is 5.41 Å². The molecule has 1 heterocycles. The van der Waals surface area contributed by atoms with Crippen LogP contribution in [0, 0.1) is 11.2 Å². The van der Waals surface area contributed by atoms with Crippen molar-refractivity contribution >= 4 is 22.0 Å². The summed E-state index contributed by atoms with van der Waals surface area (Å²) < 4.78 is 39.7. The molecule has 11 heteroatoms. The summed E-state index contributed by atoms with van der Waals surface area (Å²) in [6.45, 7) is 7.60. The van der Waals surface area contributed by atoms with E-state index in [-0.39, 0.29) is 16.1 Å². The number of piperidine rings is 1. The zero-order chi connectivity index (χ0) is 31.5. The Bertz CT molecular complexity index is 1480. The Hall–Kier alpha value is -3.90. The van der Waals surface area contributed by atoms with Gasteiger partial charge < -0.3 is 10.2 Å². The Morgan fingerprint density at radius 3 is 2.02 bits per heavy atom. The van der Waals surface area contributed by atoms with E-state index < -0.39 is 22.0 Å². The quantitative estimate of drug-likeness (QED) is 0.257. The van der Waals surface area contributed by atoms with Gasteiger partial charge in [-0.25, -0.2) is 27.4 Å². The minimum Gasteiger partial charge on any atom is -0.478 e. The predicted molar refractivity (Wildman–Crippen MR) is 162 cm³/mol. The average molecular weight is 612 g/mol. The van der Waals surface area contributed by atoms with Gasteiger partial charge in [0.2, 0.25) is 0 Å². The van der Waals surface area contributed by atoms with Gasteiger partial charge in [-0.3, -0.25) is 4.90 Å². The van der Waals surface area contributed by atoms with E-state index in [0.717, 1.165) is 29.5 Å². The monoisotopic (exact) mass is 611 g/mol. The number of sulfonamides is 1. The van der Waals surface area contributed by atoms with Gasteiger partial charge in [-0.05, 0) is 59.2 Å². The van der Waals surface area contributed by atoms with E-state index in [0.29, 0.717) is 44.9 Å². The van der Waals surface area contributed by atoms with E-state index in [9.17, 15) is 22.4 Å². The number of carbonyl (C=O) groups is 2. The van der Waals surface area contributed by atoms with Crippen molar-refractivity contribution in [3.63, 3.8) is 0 Å². The maximum Gasteiger partial charge on any atom is 0.328 e. The third-order valence-electron chi connectivity index (χ3n) is 6.70. The molecular weight excluding hydrogens is 573 g/mol. The zero-order valence-electron chi connectivity index (χ0n) is 24.3. The molecule has 0 spiro atoms. The molecular formula is C32H38FN3O6S. The summed E-state index contributed by atoms with van der Waals surface area (Å²) in [4.78, 5) is 24.4. The van der Waals surface area contributed by atoms with Crippen molar-refractivity contribution in [2.75, 3.05) is 13.1 Å². The van der Waals surface area contributed by atoms with E-state index in [2.05, 4.69) is 35.7 Å². The van der Waals surface area contributed by atoms with Gasteiger partial charge in [-0.1, -0.05) is 68.4 Å². The molecule has 43 heavy (non-hydrogen) atoms. The van der Waals surface area contributed by atoms with Gasteiger partial charge in [0, 0.05) is 44.9 Å². The van der Waals surface area contributed by atoms with E-state index in [1.165, 1.54) is 12.1 Å². The van der Waals surface area contributed by atoms with Gasteiger partial charge >= 0.3 is 11.9 Å². The molecule has 0 aliphatic carbocycles. The molecule has 0 saturated carbocycles. The Kier molecular flexibility index (Phi) is 12.1. The second-order valence-corrected chi connectivity index (χ2v) is 12.9. The lowest BCUT2D eigenvalue weighted by molar-refractivity contribution is -0.134. The number of nitrogens with one attached hydrogen (secondary N) is 1. The number of nitrogens with zero attached hydrogens (tertiary/aromatic N) is 2. The smallest absolute Gasteiger partial charge is 0.328 e. The van der Waals surface area contributed by atoms with E-state index in [1.807, 2.05) is 29.3 Å². The average Bonchev–Trinajstić information content (AvgIpc) is 2.93. The SMILES string of the molecule is CC1(C)CCCN(NS(=O)(=O)c2cccc(CN(Cc3ccccc3)Cc3ccc(F)cc3)c2)C1.O=C(O)C=CC(=O)O. The first-order valence-electron chi connectivity index (χ1n) is 13.8. The van der Waals surface area contributed by atoms with Gasteiger partial charge in [-0.2, -0.15) is 0 Å². The molecule has 1 aliphatic rings. The fraction of sp³-hybridized carbons (Fsp3) is 0.312. The molecule has 0 atom stereocenters. The highest BCUT2D eigenvalue weighted by atomic mass is 32.2. The van der Waals surface area contributed by atoms with Crippen LogP contribution in [-0.2, 0) is 39.2 Å². The molecule has 1 fully saturated rings. The van der Waals surface area contributed by atoms with Crippen LogP contribution in [-0.4, -0.2) is 53.6 Å². The normalized spacial score (nSPS) is 15.2. The Balaban J connectivity index is 0.000000557. The minimum absolute atomic E-state index is 0.0842. The van der Waals surface area contributed by atoms with Crippen LogP contribution >= 0.6 is 0 Å². The van der Waals surface area contributed by atoms with Crippen LogP contribution in [0.5, 0.6) is 0 Å². The van der Waals surface area contributed by atoms with E-state index in [4.69, 9.17) is 10.2 Å². The van der Waals surface area contributed by atoms with Crippen LogP contribution in [0.4, 0.5) is 4.39 Å². The Morgan fingerprint density at radius 1 is 0.884 bits per heavy atom. The van der Waals surface area contributed by atoms with Crippen LogP contribution in [0.25, 0.3) is 0 Å². The fourth-order valence-corrected chi connectivity index (χ4v) is 5.96. The number of hydrazine groups is 1. The molecule has 3 N–H and O–H groups in total. The topological polar surface area (TPSA) is 127 Å². The van der Waals surface area contributed by atoms with Crippen LogP contribution in [0.15, 0.2) is 95.9 Å². The highest BCUT2D eigenvalue weighted by Gasteiger charge is 2.29. The molecule has 3 aromatic rings. The molecule has 0 aromatic heterocycles. The predicted octanol–water partition coefficient (Wildman–Crippen LogP) is 5.06. The summed E-state index contributed by atoms with van der Waals surface area (Å²) in [6.07, 6.45) is 3.17. The zero-order valence-corrected chi connectivity index (χ0v) is 25.1. The minimum atomic E-state index is -3.68. The standard InChI is InChI=1S/C28H34FN3O2S.C4H4O4/c1-28(2)16-7-17-32(22-28)30-35(33,34)27-11-6-10-25(18-27)21-31(19-23-8-4-3-5-9-23)20-24-12-14-26(29)15-13-24;5-3(6)1-2-4(7)8/h3-6,8-15,18,30H,7,16-17,19-22H2,1-2H3;1-2H,(H,5,6)(H,7,8). The molecule has 0 radical (unpaired) electrons. The van der Waals surface area contributed by atoms with E-state index in [1.54, 1.807) is 30.3 Å². The first-order valence-corrected chi connectivity index (χ1v) is 15.3. The Labute approximate surface area is 252 Å². The molecule has 1 saturated heterocycles. The van der Waals surface area contributed by atoms with Gasteiger partial charge in [-0.15, -0.1) is 4.83 Å². The first kappa shape index (κ1) is 33.6. The molecule has 1 aliphatic heterocycles. The van der Waals surface area contributed by atoms with Crippen molar-refractivity contribution in [1.82, 2.24) is 14.7 Å². The third-order valence-corrected chi connectivity index (χ3v) is 8.07. The van der Waals surface area contributed by atoms with Crippen molar-refractivity contribution in [3.8, 4) is 0 Å². The number of halogens is 1. The highest BCUT2D eigenvalue weighted by Crippen LogP contribution is 2.28. The van der Waals surface area contributed by atoms with Crippen molar-refractivity contribution in [1.29, 1.82) is 0 Å². The largest absolute Gasteiger partial charge is 0.478 e. The lowest BCUT2D eigenvalue weighted by Gasteiger charge is -2.37. The molecule has 230 valence electrons. The van der Waals surface area contributed by atoms with Crippen LogP contribution in [0.3, 0.4) is 0 Å². The summed E-state index contributed by atoms with van der Waals surface area (Å²) in [5.41, 5.74) is 3.15. The molecule has 9 nitrogen and oxygen atoms in total. The van der Waals surface area contributed by atoms with Gasteiger partial charge in [0.1, 0.15) is 5.82 Å². The fourth-order valence-electron chi connectivity index (χ4n) is 4.79. The van der Waals surface area contributed by atoms with Crippen LogP contribution in [0.2, 0.25) is 0 Å². The lowest BCUT2D eigenvalue weighted by Crippen LogP contribution is -2.50. The Morgan fingerprint density at radius 2 is 1.44 bits per heavy atom. The molecule has 4 rings (SSSR count). The number of carboxylic acids is 2. The first-order chi connectivity index (χ1) is 20.3. The summed E-state index contributed by atoms with van der Waals surface area (Å²) in [5.74, 6) is -2.77. The third kappa shape index (κ3) is 12.1. The second-order valence-electron chi connectivity index (χ2n) is 11.2. The maximum absolute atomic E-state index is 13.4. The van der Waals surface area contributed by atoms with Gasteiger partial charge in [0.05, 0.1) is 4.90 Å². The summed E-state index contributed by atoms with van der Waals surface area (Å²) in [7, 11) is -3.68. The van der Waals surface area contributed by atoms with Crippen LogP contribution in [0.1, 0.15) is 43.4 Å². The molecule has 0 amide bonds. The second kappa shape index (κ2) is 15.5. The number of hydrogen-bond donors (Lipinski definition) is 3. The summed E-state index contributed by atoms with van der Waals surface area (Å²) in [6, 6.07) is 23.8. The van der Waals surface area contributed by atoms with Crippen molar-refractivity contribution < 1.29 is 32.6 Å². The lowest BCUT2D eigenvalue weighted by atomic mass is 9.85.